The molecule has 186 valence electrons. The number of ether oxygens (including phenoxy) is 1. The Morgan fingerprint density at radius 2 is 1.89 bits per heavy atom. The molecule has 0 saturated carbocycles. The first-order valence-corrected chi connectivity index (χ1v) is 11.4. The first-order chi connectivity index (χ1) is 17.4. The molecule has 0 bridgehead atoms. The van der Waals surface area contributed by atoms with Crippen molar-refractivity contribution in [3.8, 4) is 11.7 Å². The van der Waals surface area contributed by atoms with E-state index in [9.17, 15) is 0 Å². The van der Waals surface area contributed by atoms with Crippen LogP contribution in [0.4, 0.5) is 23.0 Å². The van der Waals surface area contributed by atoms with Crippen molar-refractivity contribution in [1.29, 1.82) is 0 Å². The summed E-state index contributed by atoms with van der Waals surface area (Å²) >= 11 is 0. The Balaban J connectivity index is 1.69. The number of rotatable bonds is 11. The van der Waals surface area contributed by atoms with E-state index in [-0.39, 0.29) is 0 Å². The minimum atomic E-state index is 0.373. The van der Waals surface area contributed by atoms with Crippen molar-refractivity contribution in [2.24, 2.45) is 0 Å². The Morgan fingerprint density at radius 3 is 2.64 bits per heavy atom. The van der Waals surface area contributed by atoms with Crippen molar-refractivity contribution in [2.45, 2.75) is 0 Å². The average Bonchev–Trinajstić information content (AvgIpc) is 3.32. The van der Waals surface area contributed by atoms with Crippen LogP contribution in [0.25, 0.3) is 17.0 Å². The third kappa shape index (κ3) is 5.44. The van der Waals surface area contributed by atoms with Crippen molar-refractivity contribution in [3.05, 3.63) is 74.0 Å². The molecule has 10 heteroatoms. The van der Waals surface area contributed by atoms with Crippen molar-refractivity contribution in [1.82, 2.24) is 29.4 Å². The van der Waals surface area contributed by atoms with Crippen LogP contribution in [0.1, 0.15) is 0 Å². The molecule has 0 spiro atoms. The molecular weight excluding hydrogens is 454 g/mol. The van der Waals surface area contributed by atoms with Gasteiger partial charge >= 0.3 is 0 Å². The van der Waals surface area contributed by atoms with E-state index < -0.39 is 0 Å². The lowest BCUT2D eigenvalue weighted by Gasteiger charge is -2.26. The fraction of sp³-hybridized carbons (Fsp3) is 0.231. The monoisotopic (exact) mass is 485 g/mol. The topological polar surface area (TPSA) is 96.3 Å². The van der Waals surface area contributed by atoms with Crippen molar-refractivity contribution in [3.63, 3.8) is 0 Å². The molecule has 0 amide bonds. The standard InChI is InChI=1S/C26H31N9O/c1-7-18(2)30-20-14-21(24(36-6)15-23(20)34(5)13-12-33(3)4)31-25-27-16-28-26(32-25)35-17-29-19-10-8-9-11-22(19)35/h7-11,14-17,30H,1-2,12-13H2,3-6H3,(H,27,28,31,32). The number of anilines is 4. The molecule has 0 atom stereocenters. The van der Waals surface area contributed by atoms with Crippen LogP contribution in [-0.2, 0) is 0 Å². The van der Waals surface area contributed by atoms with Crippen LogP contribution in [0.3, 0.4) is 0 Å². The summed E-state index contributed by atoms with van der Waals surface area (Å²) in [7, 11) is 7.78. The summed E-state index contributed by atoms with van der Waals surface area (Å²) in [6.07, 6.45) is 4.84. The lowest BCUT2D eigenvalue weighted by Crippen LogP contribution is -2.29. The summed E-state index contributed by atoms with van der Waals surface area (Å²) in [5, 5.41) is 6.61. The lowest BCUT2D eigenvalue weighted by atomic mass is 10.2. The number of allylic oxidation sites excluding steroid dienone is 1. The summed E-state index contributed by atoms with van der Waals surface area (Å²) in [5.74, 6) is 1.48. The summed E-state index contributed by atoms with van der Waals surface area (Å²) in [6, 6.07) is 11.7. The highest BCUT2D eigenvalue weighted by Gasteiger charge is 2.16. The molecule has 2 aromatic carbocycles. The molecule has 0 unspecified atom stereocenters. The molecule has 0 aliphatic carbocycles. The third-order valence-electron chi connectivity index (χ3n) is 5.63. The number of para-hydroxylation sites is 2. The third-order valence-corrected chi connectivity index (χ3v) is 5.63. The Kier molecular flexibility index (Phi) is 7.45. The van der Waals surface area contributed by atoms with E-state index in [0.717, 1.165) is 35.5 Å². The van der Waals surface area contributed by atoms with Crippen molar-refractivity contribution in [2.75, 3.05) is 56.9 Å². The van der Waals surface area contributed by atoms with E-state index in [4.69, 9.17) is 4.74 Å². The number of likely N-dealkylation sites (N-methyl/N-ethyl adjacent to an activating group) is 2. The number of nitrogens with zero attached hydrogens (tertiary/aromatic N) is 7. The molecule has 0 radical (unpaired) electrons. The number of benzene rings is 2. The average molecular weight is 486 g/mol. The molecule has 0 aliphatic rings. The van der Waals surface area contributed by atoms with Crippen LogP contribution in [0.5, 0.6) is 5.75 Å². The maximum Gasteiger partial charge on any atom is 0.240 e. The zero-order valence-electron chi connectivity index (χ0n) is 21.1. The summed E-state index contributed by atoms with van der Waals surface area (Å²) in [6.45, 7) is 9.56. The molecule has 4 rings (SSSR count). The van der Waals surface area contributed by atoms with Crippen molar-refractivity contribution < 1.29 is 4.74 Å². The minimum Gasteiger partial charge on any atom is -0.494 e. The van der Waals surface area contributed by atoms with Gasteiger partial charge in [-0.1, -0.05) is 25.3 Å². The Hall–Kier alpha value is -4.44. The van der Waals surface area contributed by atoms with Crippen LogP contribution in [0.2, 0.25) is 0 Å². The van der Waals surface area contributed by atoms with Gasteiger partial charge in [0.25, 0.3) is 0 Å². The van der Waals surface area contributed by atoms with E-state index in [1.807, 2.05) is 48.0 Å². The van der Waals surface area contributed by atoms with E-state index in [1.165, 1.54) is 6.33 Å². The van der Waals surface area contributed by atoms with Gasteiger partial charge in [0.2, 0.25) is 11.9 Å². The maximum atomic E-state index is 5.72. The second-order valence-electron chi connectivity index (χ2n) is 8.49. The molecular formula is C26H31N9O. The Morgan fingerprint density at radius 1 is 1.08 bits per heavy atom. The number of hydrogen-bond acceptors (Lipinski definition) is 9. The molecule has 0 fully saturated rings. The number of aromatic nitrogens is 5. The van der Waals surface area contributed by atoms with E-state index >= 15 is 0 Å². The minimum absolute atomic E-state index is 0.373. The van der Waals surface area contributed by atoms with E-state index in [1.54, 1.807) is 19.5 Å². The highest BCUT2D eigenvalue weighted by Crippen LogP contribution is 2.38. The highest BCUT2D eigenvalue weighted by molar-refractivity contribution is 5.82. The van der Waals surface area contributed by atoms with Gasteiger partial charge in [-0.05, 0) is 38.4 Å². The Bertz CT molecular complexity index is 1380. The molecule has 36 heavy (non-hydrogen) atoms. The predicted octanol–water partition coefficient (Wildman–Crippen LogP) is 4.07. The highest BCUT2D eigenvalue weighted by atomic mass is 16.5. The van der Waals surface area contributed by atoms with Gasteiger partial charge in [-0.15, -0.1) is 0 Å². The normalized spacial score (nSPS) is 10.9. The van der Waals surface area contributed by atoms with Gasteiger partial charge in [-0.3, -0.25) is 4.57 Å². The van der Waals surface area contributed by atoms with Gasteiger partial charge in [0, 0.05) is 31.9 Å². The number of imidazole rings is 1. The van der Waals surface area contributed by atoms with E-state index in [0.29, 0.717) is 29.0 Å². The SMILES string of the molecule is C=CC(=C)Nc1cc(Nc2ncnc(-n3cnc4ccccc43)n2)c(OC)cc1N(C)CCN(C)C. The quantitative estimate of drug-likeness (QED) is 0.305. The van der Waals surface area contributed by atoms with E-state index in [2.05, 4.69) is 67.6 Å². The van der Waals surface area contributed by atoms with Gasteiger partial charge in [0.15, 0.2) is 0 Å². The van der Waals surface area contributed by atoms with Gasteiger partial charge in [-0.25, -0.2) is 15.0 Å². The molecule has 2 N–H and O–H groups in total. The van der Waals surface area contributed by atoms with Crippen LogP contribution >= 0.6 is 0 Å². The molecule has 4 aromatic rings. The zero-order chi connectivity index (χ0) is 25.7. The van der Waals surface area contributed by atoms with Crippen molar-refractivity contribution >= 4 is 34.0 Å². The lowest BCUT2D eigenvalue weighted by molar-refractivity contribution is 0.413. The summed E-state index contributed by atoms with van der Waals surface area (Å²) in [4.78, 5) is 22.0. The number of methoxy groups -OCH3 is 1. The van der Waals surface area contributed by atoms with Gasteiger partial charge in [0.05, 0.1) is 35.2 Å². The number of nitrogens with one attached hydrogen (secondary N) is 2. The van der Waals surface area contributed by atoms with Gasteiger partial charge in [-0.2, -0.15) is 4.98 Å². The van der Waals surface area contributed by atoms with Crippen LogP contribution in [-0.4, -0.2) is 70.7 Å². The predicted molar refractivity (Wildman–Crippen MR) is 146 cm³/mol. The van der Waals surface area contributed by atoms with Crippen LogP contribution < -0.4 is 20.3 Å². The first-order valence-electron chi connectivity index (χ1n) is 11.4. The zero-order valence-corrected chi connectivity index (χ0v) is 21.1. The molecule has 2 heterocycles. The van der Waals surface area contributed by atoms with Crippen LogP contribution in [0.15, 0.2) is 74.0 Å². The largest absolute Gasteiger partial charge is 0.494 e. The number of hydrogen-bond donors (Lipinski definition) is 2. The Labute approximate surface area is 211 Å². The van der Waals surface area contributed by atoms with Gasteiger partial charge in [0.1, 0.15) is 18.4 Å². The first kappa shape index (κ1) is 24.7. The molecule has 0 saturated heterocycles. The van der Waals surface area contributed by atoms with Crippen LogP contribution in [0, 0.1) is 0 Å². The summed E-state index contributed by atoms with van der Waals surface area (Å²) < 4.78 is 7.55. The maximum absolute atomic E-state index is 5.72. The summed E-state index contributed by atoms with van der Waals surface area (Å²) in [5.41, 5.74) is 4.95. The second-order valence-corrected chi connectivity index (χ2v) is 8.49. The fourth-order valence-corrected chi connectivity index (χ4v) is 3.65. The van der Waals surface area contributed by atoms with Gasteiger partial charge < -0.3 is 25.2 Å². The second kappa shape index (κ2) is 10.9. The smallest absolute Gasteiger partial charge is 0.240 e. The molecule has 10 nitrogen and oxygen atoms in total. The molecule has 0 aliphatic heterocycles. The fourth-order valence-electron chi connectivity index (χ4n) is 3.65. The molecule has 2 aromatic heterocycles. The number of fused-ring (bicyclic) bond motifs is 1.